The summed E-state index contributed by atoms with van der Waals surface area (Å²) in [5.41, 5.74) is 0.542. The van der Waals surface area contributed by atoms with Gasteiger partial charge in [0.05, 0.1) is 7.11 Å². The van der Waals surface area contributed by atoms with E-state index < -0.39 is 0 Å². The Hall–Kier alpha value is -1.22. The fourth-order valence-corrected chi connectivity index (χ4v) is 2.26. The second-order valence-corrected chi connectivity index (χ2v) is 5.36. The van der Waals surface area contributed by atoms with Crippen molar-refractivity contribution in [1.82, 2.24) is 5.32 Å². The van der Waals surface area contributed by atoms with E-state index in [0.29, 0.717) is 12.0 Å². The second kappa shape index (κ2) is 6.10. The van der Waals surface area contributed by atoms with Crippen molar-refractivity contribution in [2.24, 2.45) is 5.41 Å². The predicted octanol–water partition coefficient (Wildman–Crippen LogP) is 2.85. The molecular weight excluding hydrogens is 226 g/mol. The van der Waals surface area contributed by atoms with Crippen molar-refractivity contribution < 1.29 is 9.47 Å². The van der Waals surface area contributed by atoms with Crippen LogP contribution in [-0.4, -0.2) is 26.8 Å². The third-order valence-corrected chi connectivity index (χ3v) is 3.72. The van der Waals surface area contributed by atoms with E-state index >= 15 is 0 Å². The highest BCUT2D eigenvalue weighted by Gasteiger charge is 2.30. The van der Waals surface area contributed by atoms with Gasteiger partial charge in [0.15, 0.2) is 0 Å². The Balaban J connectivity index is 1.59. The smallest absolute Gasteiger partial charge is 0.119 e. The van der Waals surface area contributed by atoms with E-state index in [-0.39, 0.29) is 0 Å². The van der Waals surface area contributed by atoms with Gasteiger partial charge in [-0.1, -0.05) is 13.3 Å². The highest BCUT2D eigenvalue weighted by molar-refractivity contribution is 5.31. The predicted molar refractivity (Wildman–Crippen MR) is 73.3 cm³/mol. The van der Waals surface area contributed by atoms with E-state index in [4.69, 9.17) is 9.47 Å². The molecule has 1 aromatic rings. The zero-order valence-corrected chi connectivity index (χ0v) is 11.4. The van der Waals surface area contributed by atoms with Gasteiger partial charge in [0.2, 0.25) is 0 Å². The molecule has 1 aliphatic rings. The number of nitrogens with one attached hydrogen (secondary N) is 1. The minimum Gasteiger partial charge on any atom is -0.497 e. The van der Waals surface area contributed by atoms with Crippen LogP contribution in [0.1, 0.15) is 26.2 Å². The molecule has 1 fully saturated rings. The number of rotatable bonds is 7. The Labute approximate surface area is 109 Å². The Kier molecular flexibility index (Phi) is 4.48. The number of methoxy groups -OCH3 is 1. The number of hydrogen-bond donors (Lipinski definition) is 1. The van der Waals surface area contributed by atoms with Crippen LogP contribution in [0.4, 0.5) is 0 Å². The molecule has 0 spiro atoms. The first-order valence-corrected chi connectivity index (χ1v) is 6.69. The molecule has 3 nitrogen and oxygen atoms in total. The van der Waals surface area contributed by atoms with E-state index in [1.165, 1.54) is 19.3 Å². The molecule has 1 saturated carbocycles. The summed E-state index contributed by atoms with van der Waals surface area (Å²) in [6.07, 6.45) is 4.11. The maximum atomic E-state index is 5.65. The zero-order chi connectivity index (χ0) is 12.8. The minimum absolute atomic E-state index is 0.542. The molecule has 0 aromatic heterocycles. The van der Waals surface area contributed by atoms with Crippen molar-refractivity contribution in [3.63, 3.8) is 0 Å². The Bertz CT molecular complexity index is 357. The molecular formula is C15H23NO2. The van der Waals surface area contributed by atoms with Gasteiger partial charge in [-0.3, -0.25) is 0 Å². The van der Waals surface area contributed by atoms with Gasteiger partial charge < -0.3 is 14.8 Å². The monoisotopic (exact) mass is 249 g/mol. The lowest BCUT2D eigenvalue weighted by molar-refractivity contribution is 0.154. The Morgan fingerprint density at radius 3 is 2.39 bits per heavy atom. The van der Waals surface area contributed by atoms with Crippen molar-refractivity contribution in [3.8, 4) is 11.5 Å². The van der Waals surface area contributed by atoms with Gasteiger partial charge in [0, 0.05) is 13.1 Å². The lowest BCUT2D eigenvalue weighted by Crippen LogP contribution is -2.38. The van der Waals surface area contributed by atoms with Crippen molar-refractivity contribution in [3.05, 3.63) is 24.3 Å². The lowest BCUT2D eigenvalue weighted by Gasteiger charge is -2.38. The second-order valence-electron chi connectivity index (χ2n) is 5.36. The summed E-state index contributed by atoms with van der Waals surface area (Å²) < 4.78 is 10.8. The Morgan fingerprint density at radius 1 is 1.17 bits per heavy atom. The molecule has 1 aliphatic carbocycles. The van der Waals surface area contributed by atoms with Crippen LogP contribution in [0, 0.1) is 5.41 Å². The molecule has 0 heterocycles. The number of hydrogen-bond acceptors (Lipinski definition) is 3. The van der Waals surface area contributed by atoms with Crippen LogP contribution >= 0.6 is 0 Å². The molecule has 1 N–H and O–H groups in total. The van der Waals surface area contributed by atoms with Crippen LogP contribution in [0.2, 0.25) is 0 Å². The molecule has 18 heavy (non-hydrogen) atoms. The van der Waals surface area contributed by atoms with E-state index in [9.17, 15) is 0 Å². The summed E-state index contributed by atoms with van der Waals surface area (Å²) in [4.78, 5) is 0. The molecule has 2 rings (SSSR count). The van der Waals surface area contributed by atoms with Crippen LogP contribution < -0.4 is 14.8 Å². The Morgan fingerprint density at radius 2 is 1.83 bits per heavy atom. The molecule has 0 saturated heterocycles. The number of ether oxygens (including phenoxy) is 2. The van der Waals surface area contributed by atoms with E-state index in [1.54, 1.807) is 7.11 Å². The van der Waals surface area contributed by atoms with Gasteiger partial charge >= 0.3 is 0 Å². The quantitative estimate of drug-likeness (QED) is 0.754. The first-order chi connectivity index (χ1) is 8.72. The normalized spacial score (nSPS) is 17.0. The zero-order valence-electron chi connectivity index (χ0n) is 11.4. The summed E-state index contributed by atoms with van der Waals surface area (Å²) in [6, 6.07) is 7.70. The highest BCUT2D eigenvalue weighted by atomic mass is 16.5. The first kappa shape index (κ1) is 13.2. The average molecular weight is 249 g/mol. The van der Waals surface area contributed by atoms with Gasteiger partial charge in [0.1, 0.15) is 18.1 Å². The van der Waals surface area contributed by atoms with Crippen molar-refractivity contribution in [1.29, 1.82) is 0 Å². The van der Waals surface area contributed by atoms with Gasteiger partial charge in [-0.05, 0) is 42.5 Å². The molecule has 0 bridgehead atoms. The third-order valence-electron chi connectivity index (χ3n) is 3.72. The van der Waals surface area contributed by atoms with E-state index in [1.807, 2.05) is 24.3 Å². The molecule has 0 radical (unpaired) electrons. The van der Waals surface area contributed by atoms with Crippen molar-refractivity contribution >= 4 is 0 Å². The number of benzene rings is 1. The van der Waals surface area contributed by atoms with Crippen LogP contribution in [0.5, 0.6) is 11.5 Å². The summed E-state index contributed by atoms with van der Waals surface area (Å²) in [7, 11) is 1.67. The van der Waals surface area contributed by atoms with Crippen LogP contribution in [0.3, 0.4) is 0 Å². The van der Waals surface area contributed by atoms with E-state index in [2.05, 4.69) is 12.2 Å². The van der Waals surface area contributed by atoms with Crippen molar-refractivity contribution in [2.45, 2.75) is 26.2 Å². The first-order valence-electron chi connectivity index (χ1n) is 6.69. The van der Waals surface area contributed by atoms with Gasteiger partial charge in [-0.2, -0.15) is 0 Å². The summed E-state index contributed by atoms with van der Waals surface area (Å²) in [5.74, 6) is 1.76. The fourth-order valence-electron chi connectivity index (χ4n) is 2.26. The average Bonchev–Trinajstić information content (AvgIpc) is 2.37. The molecule has 0 amide bonds. The van der Waals surface area contributed by atoms with Crippen LogP contribution in [-0.2, 0) is 0 Å². The van der Waals surface area contributed by atoms with Gasteiger partial charge in [0.25, 0.3) is 0 Å². The molecule has 100 valence electrons. The van der Waals surface area contributed by atoms with Gasteiger partial charge in [-0.25, -0.2) is 0 Å². The molecule has 0 aliphatic heterocycles. The van der Waals surface area contributed by atoms with Crippen molar-refractivity contribution in [2.75, 3.05) is 26.8 Å². The fraction of sp³-hybridized carbons (Fsp3) is 0.600. The lowest BCUT2D eigenvalue weighted by atomic mass is 9.70. The summed E-state index contributed by atoms with van der Waals surface area (Å²) in [5, 5.41) is 3.47. The molecule has 0 unspecified atom stereocenters. The molecule has 0 atom stereocenters. The summed E-state index contributed by atoms with van der Waals surface area (Å²) >= 11 is 0. The minimum atomic E-state index is 0.542. The van der Waals surface area contributed by atoms with Gasteiger partial charge in [-0.15, -0.1) is 0 Å². The van der Waals surface area contributed by atoms with E-state index in [0.717, 1.165) is 24.6 Å². The third kappa shape index (κ3) is 3.64. The molecule has 1 aromatic carbocycles. The van der Waals surface area contributed by atoms with Crippen LogP contribution in [0.15, 0.2) is 24.3 Å². The standard InChI is InChI=1S/C15H23NO2/c1-15(8-3-9-15)12-16-10-11-18-14-6-4-13(17-2)5-7-14/h4-7,16H,3,8-12H2,1-2H3. The molecule has 3 heteroatoms. The maximum absolute atomic E-state index is 5.65. The SMILES string of the molecule is COc1ccc(OCCNCC2(C)CCC2)cc1. The maximum Gasteiger partial charge on any atom is 0.119 e. The topological polar surface area (TPSA) is 30.5 Å². The summed E-state index contributed by atoms with van der Waals surface area (Å²) in [6.45, 7) is 5.08. The van der Waals surface area contributed by atoms with Crippen LogP contribution in [0.25, 0.3) is 0 Å². The largest absolute Gasteiger partial charge is 0.497 e. The highest BCUT2D eigenvalue weighted by Crippen LogP contribution is 2.39.